The van der Waals surface area contributed by atoms with Crippen LogP contribution in [0.1, 0.15) is 15.9 Å². The molecule has 1 N–H and O–H groups in total. The minimum absolute atomic E-state index is 0.256. The number of carbonyl (C=O) groups excluding carboxylic acids is 1. The quantitative estimate of drug-likeness (QED) is 0.834. The lowest BCUT2D eigenvalue weighted by molar-refractivity contribution is -0.0867. The lowest BCUT2D eigenvalue weighted by atomic mass is 10.0. The zero-order valence-corrected chi connectivity index (χ0v) is 14.1. The molecule has 2 aromatic rings. The maximum Gasteiger partial charge on any atom is 0.338 e. The van der Waals surface area contributed by atoms with Crippen LogP contribution in [-0.2, 0) is 20.9 Å². The summed E-state index contributed by atoms with van der Waals surface area (Å²) in [6.07, 6.45) is -2.87. The molecule has 0 spiro atoms. The summed E-state index contributed by atoms with van der Waals surface area (Å²) < 4.78 is 26.4. The van der Waals surface area contributed by atoms with Gasteiger partial charge in [0.15, 0.2) is 0 Å². The van der Waals surface area contributed by atoms with Crippen LogP contribution < -0.4 is 5.48 Å². The number of nitrogens with one attached hydrogen (secondary N) is 1. The second-order valence-electron chi connectivity index (χ2n) is 6.56. The maximum atomic E-state index is 14.9. The molecule has 0 bridgehead atoms. The third-order valence-corrected chi connectivity index (χ3v) is 4.90. The molecule has 2 fully saturated rings. The molecule has 5 atom stereocenters. The first kappa shape index (κ1) is 17.1. The van der Waals surface area contributed by atoms with Crippen molar-refractivity contribution < 1.29 is 23.5 Å². The van der Waals surface area contributed by atoms with Crippen LogP contribution in [-0.4, -0.2) is 37.0 Å². The predicted octanol–water partition coefficient (Wildman–Crippen LogP) is 2.67. The molecule has 0 aromatic heterocycles. The Labute approximate surface area is 151 Å². The maximum absolute atomic E-state index is 14.9. The second-order valence-corrected chi connectivity index (χ2v) is 6.56. The number of rotatable bonds is 5. The number of benzene rings is 2. The molecular formula is C20H20FNO4. The average Bonchev–Trinajstić information content (AvgIpc) is 3.25. The standard InChI is InChI=1S/C20H20FNO4/c21-16-17-15(12-25-22-17)18(26-20(23)14-9-5-2-6-10-14)19(16)24-11-13-7-3-1-4-8-13/h1-10,15-19,22H,11-12H2/t15-,16-,17+,18+,19+/m0/s1. The highest BCUT2D eigenvalue weighted by Crippen LogP contribution is 2.37. The molecule has 6 heteroatoms. The van der Waals surface area contributed by atoms with Crippen molar-refractivity contribution in [2.24, 2.45) is 5.92 Å². The van der Waals surface area contributed by atoms with Gasteiger partial charge in [-0.25, -0.2) is 9.18 Å². The Morgan fingerprint density at radius 1 is 1.08 bits per heavy atom. The van der Waals surface area contributed by atoms with E-state index in [0.717, 1.165) is 5.56 Å². The van der Waals surface area contributed by atoms with E-state index in [4.69, 9.17) is 14.3 Å². The van der Waals surface area contributed by atoms with Gasteiger partial charge in [-0.1, -0.05) is 48.5 Å². The molecule has 2 aromatic carbocycles. The minimum Gasteiger partial charge on any atom is -0.455 e. The molecule has 0 unspecified atom stereocenters. The molecule has 136 valence electrons. The molecule has 1 saturated carbocycles. The van der Waals surface area contributed by atoms with Crippen molar-refractivity contribution in [2.45, 2.75) is 31.0 Å². The van der Waals surface area contributed by atoms with E-state index in [1.807, 2.05) is 36.4 Å². The first-order chi connectivity index (χ1) is 12.7. The van der Waals surface area contributed by atoms with E-state index in [-0.39, 0.29) is 19.1 Å². The molecule has 26 heavy (non-hydrogen) atoms. The smallest absolute Gasteiger partial charge is 0.338 e. The van der Waals surface area contributed by atoms with E-state index in [1.165, 1.54) is 0 Å². The Morgan fingerprint density at radius 3 is 2.50 bits per heavy atom. The average molecular weight is 357 g/mol. The van der Waals surface area contributed by atoms with Crippen molar-refractivity contribution >= 4 is 5.97 Å². The van der Waals surface area contributed by atoms with Crippen molar-refractivity contribution in [1.29, 1.82) is 0 Å². The monoisotopic (exact) mass is 357 g/mol. The largest absolute Gasteiger partial charge is 0.455 e. The normalized spacial score (nSPS) is 30.1. The number of fused-ring (bicyclic) bond motifs is 1. The van der Waals surface area contributed by atoms with Crippen LogP contribution in [0.3, 0.4) is 0 Å². The van der Waals surface area contributed by atoms with Gasteiger partial charge in [-0.3, -0.25) is 0 Å². The molecule has 0 amide bonds. The third-order valence-electron chi connectivity index (χ3n) is 4.90. The van der Waals surface area contributed by atoms with Gasteiger partial charge in [-0.15, -0.1) is 0 Å². The summed E-state index contributed by atoms with van der Waals surface area (Å²) >= 11 is 0. The molecule has 1 aliphatic heterocycles. The highest BCUT2D eigenvalue weighted by Gasteiger charge is 2.56. The zero-order chi connectivity index (χ0) is 17.9. The molecule has 2 aliphatic rings. The van der Waals surface area contributed by atoms with Gasteiger partial charge in [-0.2, -0.15) is 5.48 Å². The number of ether oxygens (including phenoxy) is 2. The van der Waals surface area contributed by atoms with E-state index in [1.54, 1.807) is 24.3 Å². The minimum atomic E-state index is -1.32. The van der Waals surface area contributed by atoms with Crippen LogP contribution >= 0.6 is 0 Å². The van der Waals surface area contributed by atoms with Gasteiger partial charge in [0.2, 0.25) is 0 Å². The van der Waals surface area contributed by atoms with Gasteiger partial charge in [0, 0.05) is 5.92 Å². The number of halogens is 1. The van der Waals surface area contributed by atoms with E-state index in [2.05, 4.69) is 5.48 Å². The van der Waals surface area contributed by atoms with E-state index >= 15 is 0 Å². The fourth-order valence-electron chi connectivity index (χ4n) is 3.53. The van der Waals surface area contributed by atoms with Crippen LogP contribution in [0.2, 0.25) is 0 Å². The lowest BCUT2D eigenvalue weighted by Gasteiger charge is -2.24. The Morgan fingerprint density at radius 2 is 1.77 bits per heavy atom. The first-order valence-corrected chi connectivity index (χ1v) is 8.67. The number of carbonyl (C=O) groups is 1. The van der Waals surface area contributed by atoms with Gasteiger partial charge < -0.3 is 14.3 Å². The highest BCUT2D eigenvalue weighted by molar-refractivity contribution is 5.89. The topological polar surface area (TPSA) is 56.8 Å². The van der Waals surface area contributed by atoms with Crippen molar-refractivity contribution in [3.05, 3.63) is 71.8 Å². The number of hydrogen-bond acceptors (Lipinski definition) is 5. The Kier molecular flexibility index (Phi) is 4.97. The third kappa shape index (κ3) is 3.35. The van der Waals surface area contributed by atoms with Crippen LogP contribution in [0.5, 0.6) is 0 Å². The van der Waals surface area contributed by atoms with E-state index < -0.39 is 30.4 Å². The number of esters is 1. The van der Waals surface area contributed by atoms with Gasteiger partial charge in [0.1, 0.15) is 18.4 Å². The van der Waals surface area contributed by atoms with E-state index in [9.17, 15) is 9.18 Å². The molecule has 4 rings (SSSR count). The van der Waals surface area contributed by atoms with Crippen molar-refractivity contribution in [3.8, 4) is 0 Å². The molecule has 0 radical (unpaired) electrons. The molecule has 1 saturated heterocycles. The van der Waals surface area contributed by atoms with E-state index in [0.29, 0.717) is 5.56 Å². The first-order valence-electron chi connectivity index (χ1n) is 8.67. The summed E-state index contributed by atoms with van der Waals surface area (Å²) in [7, 11) is 0. The van der Waals surface area contributed by atoms with Crippen LogP contribution in [0.25, 0.3) is 0 Å². The predicted molar refractivity (Wildman–Crippen MR) is 91.9 cm³/mol. The summed E-state index contributed by atoms with van der Waals surface area (Å²) in [6.45, 7) is 0.536. The van der Waals surface area contributed by atoms with Crippen LogP contribution in [0.4, 0.5) is 4.39 Å². The molecule has 1 heterocycles. The van der Waals surface area contributed by atoms with Gasteiger partial charge in [0.25, 0.3) is 0 Å². The van der Waals surface area contributed by atoms with Gasteiger partial charge in [-0.05, 0) is 17.7 Å². The second kappa shape index (κ2) is 7.53. The Bertz CT molecular complexity index is 742. The number of hydrogen-bond donors (Lipinski definition) is 1. The highest BCUT2D eigenvalue weighted by atomic mass is 19.1. The fraction of sp³-hybridized carbons (Fsp3) is 0.350. The number of hydroxylamine groups is 1. The van der Waals surface area contributed by atoms with Gasteiger partial charge >= 0.3 is 5.97 Å². The lowest BCUT2D eigenvalue weighted by Crippen LogP contribution is -2.38. The van der Waals surface area contributed by atoms with Crippen molar-refractivity contribution in [2.75, 3.05) is 6.61 Å². The summed E-state index contributed by atoms with van der Waals surface area (Å²) in [5, 5.41) is 0. The summed E-state index contributed by atoms with van der Waals surface area (Å²) in [5.74, 6) is -0.762. The SMILES string of the molecule is O=C(O[C@@H]1[C@H]2CON[C@H]2[C@H](F)[C@H]1OCc1ccccc1)c1ccccc1. The van der Waals surface area contributed by atoms with Crippen LogP contribution in [0.15, 0.2) is 60.7 Å². The zero-order valence-electron chi connectivity index (χ0n) is 14.1. The Hall–Kier alpha value is -2.28. The summed E-state index contributed by atoms with van der Waals surface area (Å²) in [5.41, 5.74) is 4.06. The molecule has 1 aliphatic carbocycles. The van der Waals surface area contributed by atoms with Crippen molar-refractivity contribution in [3.63, 3.8) is 0 Å². The van der Waals surface area contributed by atoms with Crippen LogP contribution in [0, 0.1) is 5.92 Å². The molecular weight excluding hydrogens is 337 g/mol. The van der Waals surface area contributed by atoms with Crippen molar-refractivity contribution in [1.82, 2.24) is 5.48 Å². The fourth-order valence-corrected chi connectivity index (χ4v) is 3.53. The summed E-state index contributed by atoms with van der Waals surface area (Å²) in [6, 6.07) is 17.7. The van der Waals surface area contributed by atoms with Gasteiger partial charge in [0.05, 0.1) is 24.8 Å². The summed E-state index contributed by atoms with van der Waals surface area (Å²) in [4.78, 5) is 17.6. The number of alkyl halides is 1. The molecule has 5 nitrogen and oxygen atoms in total. The Balaban J connectivity index is 1.50.